The molecule has 0 bridgehead atoms. The molecule has 11 heteroatoms. The minimum atomic E-state index is -1.76. The lowest BCUT2D eigenvalue weighted by atomic mass is 9.86. The molecule has 0 spiro atoms. The van der Waals surface area contributed by atoms with E-state index in [0.29, 0.717) is 6.42 Å². The monoisotopic (exact) mass is 391 g/mol. The predicted molar refractivity (Wildman–Crippen MR) is 93.9 cm³/mol. The number of Topliss-reactive ketones (excluding diaryl/α,β-unsaturated/α-hetero) is 1. The number of nitrogens with two attached hydrogens (primary N) is 1. The van der Waals surface area contributed by atoms with Gasteiger partial charge in [0.1, 0.15) is 0 Å². The summed E-state index contributed by atoms with van der Waals surface area (Å²) in [5.41, 5.74) is 3.96. The van der Waals surface area contributed by atoms with E-state index >= 15 is 0 Å². The molecule has 148 valence electrons. The van der Waals surface area contributed by atoms with E-state index in [0.717, 1.165) is 0 Å². The number of nitrogens with zero attached hydrogens (tertiary/aromatic N) is 2. The average Bonchev–Trinajstić information content (AvgIpc) is 3.04. The van der Waals surface area contributed by atoms with Crippen LogP contribution in [0.25, 0.3) is 0 Å². The van der Waals surface area contributed by atoms with Crippen LogP contribution < -0.4 is 5.73 Å². The molecule has 1 fully saturated rings. The van der Waals surface area contributed by atoms with Gasteiger partial charge in [-0.3, -0.25) is 9.59 Å². The Morgan fingerprint density at radius 2 is 2.00 bits per heavy atom. The fourth-order valence-electron chi connectivity index (χ4n) is 2.89. The number of amides is 1. The van der Waals surface area contributed by atoms with Crippen molar-refractivity contribution in [3.63, 3.8) is 0 Å². The van der Waals surface area contributed by atoms with Gasteiger partial charge in [-0.15, -0.1) is 10.1 Å². The molecule has 1 saturated heterocycles. The highest BCUT2D eigenvalue weighted by molar-refractivity contribution is 7.80. The van der Waals surface area contributed by atoms with E-state index in [2.05, 4.69) is 17.5 Å². The predicted octanol–water partition coefficient (Wildman–Crippen LogP) is -0.0286. The van der Waals surface area contributed by atoms with Crippen LogP contribution in [0.5, 0.6) is 0 Å². The topological polar surface area (TPSA) is 142 Å². The summed E-state index contributed by atoms with van der Waals surface area (Å²) in [7, 11) is 0. The van der Waals surface area contributed by atoms with Gasteiger partial charge in [0.05, 0.1) is 19.3 Å². The minimum absolute atomic E-state index is 0.0795. The lowest BCUT2D eigenvalue weighted by Crippen LogP contribution is -2.63. The van der Waals surface area contributed by atoms with Crippen molar-refractivity contribution in [2.24, 2.45) is 11.7 Å². The second kappa shape index (κ2) is 9.72. The van der Waals surface area contributed by atoms with Crippen molar-refractivity contribution in [3.05, 3.63) is 10.1 Å². The highest BCUT2D eigenvalue weighted by Crippen LogP contribution is 2.34. The fourth-order valence-corrected chi connectivity index (χ4v) is 3.05. The third-order valence-corrected chi connectivity index (χ3v) is 4.77. The first-order valence-electron chi connectivity index (χ1n) is 8.35. The molecule has 26 heavy (non-hydrogen) atoms. The molecule has 0 saturated carbocycles. The summed E-state index contributed by atoms with van der Waals surface area (Å²) in [6.07, 6.45) is 0.668. The van der Waals surface area contributed by atoms with Crippen LogP contribution in [0.4, 0.5) is 0 Å². The zero-order chi connectivity index (χ0) is 19.9. The van der Waals surface area contributed by atoms with Gasteiger partial charge >= 0.3 is 5.97 Å². The number of hydrogen-bond donors (Lipinski definition) is 2. The van der Waals surface area contributed by atoms with Gasteiger partial charge in [-0.1, -0.05) is 6.92 Å². The SMILES string of the molecule is CC(CS)C(=O)N1CCC[C@@]1(C(=O)OCCCO[N+](=O)[O-])C(=O)[C@H](C)N. The molecule has 3 atom stereocenters. The quantitative estimate of drug-likeness (QED) is 0.132. The molecule has 0 radical (unpaired) electrons. The van der Waals surface area contributed by atoms with E-state index in [1.54, 1.807) is 6.92 Å². The molecule has 0 aliphatic carbocycles. The Balaban J connectivity index is 2.96. The smallest absolute Gasteiger partial charge is 0.339 e. The molecule has 1 heterocycles. The number of carbonyl (C=O) groups is 3. The van der Waals surface area contributed by atoms with Gasteiger partial charge in [-0.2, -0.15) is 12.6 Å². The zero-order valence-electron chi connectivity index (χ0n) is 14.9. The summed E-state index contributed by atoms with van der Waals surface area (Å²) in [5.74, 6) is -2.01. The number of rotatable bonds is 10. The maximum absolute atomic E-state index is 12.8. The molecule has 1 unspecified atom stereocenters. The van der Waals surface area contributed by atoms with Gasteiger partial charge in [0.25, 0.3) is 5.09 Å². The zero-order valence-corrected chi connectivity index (χ0v) is 15.8. The Morgan fingerprint density at radius 1 is 1.35 bits per heavy atom. The Labute approximate surface area is 156 Å². The molecular formula is C15H25N3O7S. The maximum atomic E-state index is 12.8. The van der Waals surface area contributed by atoms with Gasteiger partial charge < -0.3 is 20.2 Å². The van der Waals surface area contributed by atoms with Crippen molar-refractivity contribution < 1.29 is 29.0 Å². The Kier molecular flexibility index (Phi) is 8.28. The number of carbonyl (C=O) groups excluding carboxylic acids is 3. The number of likely N-dealkylation sites (tertiary alicyclic amines) is 1. The summed E-state index contributed by atoms with van der Waals surface area (Å²) >= 11 is 4.10. The molecule has 1 rings (SSSR count). The van der Waals surface area contributed by atoms with Gasteiger partial charge in [-0.05, 0) is 19.8 Å². The van der Waals surface area contributed by atoms with Crippen molar-refractivity contribution in [1.29, 1.82) is 0 Å². The van der Waals surface area contributed by atoms with E-state index in [1.165, 1.54) is 11.8 Å². The van der Waals surface area contributed by atoms with Crippen LogP contribution in [0.15, 0.2) is 0 Å². The van der Waals surface area contributed by atoms with Crippen LogP contribution in [-0.4, -0.2) is 64.7 Å². The first-order valence-corrected chi connectivity index (χ1v) is 8.98. The van der Waals surface area contributed by atoms with Crippen molar-refractivity contribution >= 4 is 30.3 Å². The number of ether oxygens (including phenoxy) is 1. The van der Waals surface area contributed by atoms with Gasteiger partial charge in [-0.25, -0.2) is 4.79 Å². The second-order valence-corrected chi connectivity index (χ2v) is 6.60. The molecule has 1 aliphatic heterocycles. The molecule has 2 N–H and O–H groups in total. The standard InChI is InChI=1S/C15H25N3O7S/c1-10(9-26)13(20)17-6-3-5-15(17,12(19)11(2)16)14(21)24-7-4-8-25-18(22)23/h10-11,26H,3-9,16H2,1-2H3/t10?,11-,15-/m0/s1. The van der Waals surface area contributed by atoms with Crippen LogP contribution in [0.2, 0.25) is 0 Å². The maximum Gasteiger partial charge on any atom is 0.339 e. The number of esters is 1. The molecular weight excluding hydrogens is 366 g/mol. The molecule has 0 aromatic heterocycles. The van der Waals surface area contributed by atoms with Gasteiger partial charge in [0.2, 0.25) is 11.4 Å². The summed E-state index contributed by atoms with van der Waals surface area (Å²) in [6, 6.07) is -0.958. The Morgan fingerprint density at radius 3 is 2.54 bits per heavy atom. The van der Waals surface area contributed by atoms with Gasteiger partial charge in [0, 0.05) is 24.6 Å². The Hall–Kier alpha value is -1.88. The first-order chi connectivity index (χ1) is 12.2. The fraction of sp³-hybridized carbons (Fsp3) is 0.800. The molecule has 0 aromatic carbocycles. The normalized spacial score (nSPS) is 21.8. The Bertz CT molecular complexity index is 557. The molecule has 10 nitrogen and oxygen atoms in total. The minimum Gasteiger partial charge on any atom is -0.464 e. The highest BCUT2D eigenvalue weighted by atomic mass is 32.1. The highest BCUT2D eigenvalue weighted by Gasteiger charge is 2.57. The number of thiol groups is 1. The lowest BCUT2D eigenvalue weighted by Gasteiger charge is -2.37. The summed E-state index contributed by atoms with van der Waals surface area (Å²) < 4.78 is 5.15. The average molecular weight is 391 g/mol. The van der Waals surface area contributed by atoms with Crippen molar-refractivity contribution in [2.45, 2.75) is 44.7 Å². The summed E-state index contributed by atoms with van der Waals surface area (Å²) in [5, 5.41) is 9.15. The van der Waals surface area contributed by atoms with E-state index < -0.39 is 34.3 Å². The first kappa shape index (κ1) is 22.2. The van der Waals surface area contributed by atoms with Crippen LogP contribution in [0.3, 0.4) is 0 Å². The van der Waals surface area contributed by atoms with Crippen LogP contribution in [-0.2, 0) is 24.0 Å². The van der Waals surface area contributed by atoms with Gasteiger partial charge in [0.15, 0.2) is 5.78 Å². The number of ketones is 1. The van der Waals surface area contributed by atoms with Crippen LogP contribution >= 0.6 is 12.6 Å². The largest absolute Gasteiger partial charge is 0.464 e. The molecule has 1 aliphatic rings. The molecule has 1 amide bonds. The lowest BCUT2D eigenvalue weighted by molar-refractivity contribution is -0.757. The van der Waals surface area contributed by atoms with Crippen molar-refractivity contribution in [1.82, 2.24) is 4.90 Å². The third-order valence-electron chi connectivity index (χ3n) is 4.22. The van der Waals surface area contributed by atoms with Crippen molar-refractivity contribution in [2.75, 3.05) is 25.5 Å². The number of hydrogen-bond acceptors (Lipinski definition) is 9. The van der Waals surface area contributed by atoms with E-state index in [9.17, 15) is 24.5 Å². The second-order valence-electron chi connectivity index (χ2n) is 6.24. The van der Waals surface area contributed by atoms with E-state index in [4.69, 9.17) is 10.5 Å². The molecule has 0 aromatic rings. The van der Waals surface area contributed by atoms with Crippen molar-refractivity contribution in [3.8, 4) is 0 Å². The third kappa shape index (κ3) is 4.85. The van der Waals surface area contributed by atoms with E-state index in [1.807, 2.05) is 0 Å². The summed E-state index contributed by atoms with van der Waals surface area (Å²) in [4.78, 5) is 53.6. The summed E-state index contributed by atoms with van der Waals surface area (Å²) in [6.45, 7) is 2.94. The van der Waals surface area contributed by atoms with E-state index in [-0.39, 0.29) is 44.3 Å². The van der Waals surface area contributed by atoms with Crippen LogP contribution in [0, 0.1) is 16.0 Å². The van der Waals surface area contributed by atoms with Crippen LogP contribution in [0.1, 0.15) is 33.1 Å².